The van der Waals surface area contributed by atoms with Crippen LogP contribution in [0.25, 0.3) is 0 Å². The second kappa shape index (κ2) is 6.66. The summed E-state index contributed by atoms with van der Waals surface area (Å²) >= 11 is 5.64. The van der Waals surface area contributed by atoms with Gasteiger partial charge in [-0.1, -0.05) is 11.6 Å². The van der Waals surface area contributed by atoms with Gasteiger partial charge in [0.25, 0.3) is 11.6 Å². The molecule has 0 aliphatic rings. The number of hydrogen-bond acceptors (Lipinski definition) is 5. The molecule has 21 heavy (non-hydrogen) atoms. The molecule has 1 amide bonds. The van der Waals surface area contributed by atoms with Crippen LogP contribution in [-0.4, -0.2) is 51.0 Å². The maximum absolute atomic E-state index is 12.0. The highest BCUT2D eigenvalue weighted by molar-refractivity contribution is 6.33. The fourth-order valence-corrected chi connectivity index (χ4v) is 1.75. The molecule has 1 rings (SSSR count). The van der Waals surface area contributed by atoms with Crippen LogP contribution in [0.4, 0.5) is 5.69 Å². The molecule has 1 aromatic rings. The predicted octanol–water partition coefficient (Wildman–Crippen LogP) is 0.860. The van der Waals surface area contributed by atoms with Gasteiger partial charge < -0.3 is 15.1 Å². The van der Waals surface area contributed by atoms with Gasteiger partial charge in [0.2, 0.25) is 0 Å². The molecule has 10 heteroatoms. The standard InChI is InChI=1S/C11H9ClN2O7/c12-7-3-6(1-2-8(7)14(20)21)11(19)13(4-9(15)16)5-10(17)18/h1-3H,4-5H2,(H,15,16)(H,17,18). The molecule has 1 aromatic carbocycles. The minimum atomic E-state index is -1.39. The van der Waals surface area contributed by atoms with Crippen molar-refractivity contribution in [3.8, 4) is 0 Å². The zero-order chi connectivity index (χ0) is 16.2. The molecular formula is C11H9ClN2O7. The molecule has 0 bridgehead atoms. The molecule has 0 unspecified atom stereocenters. The number of carbonyl (C=O) groups excluding carboxylic acids is 1. The molecule has 0 saturated heterocycles. The summed E-state index contributed by atoms with van der Waals surface area (Å²) in [5, 5.41) is 27.6. The molecule has 0 aliphatic carbocycles. The third kappa shape index (κ3) is 4.42. The summed E-state index contributed by atoms with van der Waals surface area (Å²) in [7, 11) is 0. The minimum Gasteiger partial charge on any atom is -0.480 e. The van der Waals surface area contributed by atoms with Gasteiger partial charge in [-0.2, -0.15) is 0 Å². The van der Waals surface area contributed by atoms with E-state index in [1.807, 2.05) is 0 Å². The number of carboxylic acid groups (broad SMARTS) is 2. The normalized spacial score (nSPS) is 9.95. The number of nitrogens with zero attached hydrogens (tertiary/aromatic N) is 2. The van der Waals surface area contributed by atoms with E-state index in [9.17, 15) is 24.5 Å². The summed E-state index contributed by atoms with van der Waals surface area (Å²) in [4.78, 5) is 43.7. The van der Waals surface area contributed by atoms with E-state index >= 15 is 0 Å². The van der Waals surface area contributed by atoms with Crippen LogP contribution in [0.2, 0.25) is 5.02 Å². The fourth-order valence-electron chi connectivity index (χ4n) is 1.50. The number of carboxylic acids is 2. The molecule has 112 valence electrons. The highest BCUT2D eigenvalue weighted by atomic mass is 35.5. The van der Waals surface area contributed by atoms with Gasteiger partial charge in [0, 0.05) is 11.6 Å². The summed E-state index contributed by atoms with van der Waals surface area (Å²) in [5.74, 6) is -3.69. The summed E-state index contributed by atoms with van der Waals surface area (Å²) in [6.45, 7) is -1.64. The number of aliphatic carboxylic acids is 2. The van der Waals surface area contributed by atoms with Crippen molar-refractivity contribution in [2.24, 2.45) is 0 Å². The second-order valence-electron chi connectivity index (χ2n) is 3.87. The van der Waals surface area contributed by atoms with Gasteiger partial charge in [-0.05, 0) is 12.1 Å². The SMILES string of the molecule is O=C(O)CN(CC(=O)O)C(=O)c1ccc([N+](=O)[O-])c(Cl)c1. The van der Waals surface area contributed by atoms with Crippen LogP contribution in [0.15, 0.2) is 18.2 Å². The molecule has 0 aromatic heterocycles. The van der Waals surface area contributed by atoms with Crippen molar-refractivity contribution in [2.45, 2.75) is 0 Å². The number of benzene rings is 1. The van der Waals surface area contributed by atoms with Gasteiger partial charge in [-0.3, -0.25) is 24.5 Å². The van der Waals surface area contributed by atoms with E-state index in [0.29, 0.717) is 4.90 Å². The van der Waals surface area contributed by atoms with Gasteiger partial charge in [0.05, 0.1) is 4.92 Å². The second-order valence-corrected chi connectivity index (χ2v) is 4.28. The molecule has 0 fully saturated rings. The van der Waals surface area contributed by atoms with Crippen LogP contribution in [-0.2, 0) is 9.59 Å². The van der Waals surface area contributed by atoms with Gasteiger partial charge in [-0.15, -0.1) is 0 Å². The average molecular weight is 317 g/mol. The first-order chi connectivity index (χ1) is 9.72. The highest BCUT2D eigenvalue weighted by Crippen LogP contribution is 2.25. The Morgan fingerprint density at radius 3 is 2.10 bits per heavy atom. The largest absolute Gasteiger partial charge is 0.480 e. The third-order valence-electron chi connectivity index (χ3n) is 2.33. The Balaban J connectivity index is 3.08. The van der Waals surface area contributed by atoms with Crippen molar-refractivity contribution in [1.29, 1.82) is 0 Å². The van der Waals surface area contributed by atoms with E-state index in [2.05, 4.69) is 0 Å². The fraction of sp³-hybridized carbons (Fsp3) is 0.182. The number of nitro benzene ring substituents is 1. The Morgan fingerprint density at radius 1 is 1.19 bits per heavy atom. The van der Waals surface area contributed by atoms with Crippen LogP contribution < -0.4 is 0 Å². The molecule has 9 nitrogen and oxygen atoms in total. The van der Waals surface area contributed by atoms with Crippen molar-refractivity contribution >= 4 is 35.1 Å². The van der Waals surface area contributed by atoms with E-state index < -0.39 is 41.5 Å². The monoisotopic (exact) mass is 316 g/mol. The van der Waals surface area contributed by atoms with Crippen molar-refractivity contribution in [1.82, 2.24) is 4.90 Å². The summed E-state index contributed by atoms with van der Waals surface area (Å²) in [6, 6.07) is 3.04. The topological polar surface area (TPSA) is 138 Å². The lowest BCUT2D eigenvalue weighted by Gasteiger charge is -2.18. The lowest BCUT2D eigenvalue weighted by atomic mass is 10.1. The van der Waals surface area contributed by atoms with Crippen LogP contribution in [0.1, 0.15) is 10.4 Å². The smallest absolute Gasteiger partial charge is 0.323 e. The first-order valence-electron chi connectivity index (χ1n) is 5.39. The van der Waals surface area contributed by atoms with Crippen molar-refractivity contribution in [3.63, 3.8) is 0 Å². The molecular weight excluding hydrogens is 308 g/mol. The van der Waals surface area contributed by atoms with E-state index in [4.69, 9.17) is 21.8 Å². The van der Waals surface area contributed by atoms with E-state index in [-0.39, 0.29) is 10.6 Å². The maximum Gasteiger partial charge on any atom is 0.323 e. The predicted molar refractivity (Wildman–Crippen MR) is 69.3 cm³/mol. The zero-order valence-electron chi connectivity index (χ0n) is 10.4. The average Bonchev–Trinajstić information content (AvgIpc) is 2.35. The molecule has 0 atom stereocenters. The van der Waals surface area contributed by atoms with Gasteiger partial charge in [-0.25, -0.2) is 0 Å². The number of rotatable bonds is 6. The molecule has 0 radical (unpaired) electrons. The minimum absolute atomic E-state index is 0.145. The molecule has 0 aliphatic heterocycles. The maximum atomic E-state index is 12.0. The van der Waals surface area contributed by atoms with E-state index in [0.717, 1.165) is 18.2 Å². The van der Waals surface area contributed by atoms with E-state index in [1.54, 1.807) is 0 Å². The number of carbonyl (C=O) groups is 3. The summed E-state index contributed by atoms with van der Waals surface area (Å²) in [6.07, 6.45) is 0. The summed E-state index contributed by atoms with van der Waals surface area (Å²) in [5.41, 5.74) is -0.565. The van der Waals surface area contributed by atoms with Crippen LogP contribution in [0, 0.1) is 10.1 Å². The van der Waals surface area contributed by atoms with Crippen LogP contribution in [0.3, 0.4) is 0 Å². The number of nitro groups is 1. The van der Waals surface area contributed by atoms with Crippen LogP contribution >= 0.6 is 11.6 Å². The highest BCUT2D eigenvalue weighted by Gasteiger charge is 2.23. The third-order valence-corrected chi connectivity index (χ3v) is 2.63. The Morgan fingerprint density at radius 2 is 1.71 bits per heavy atom. The first kappa shape index (κ1) is 16.4. The number of amides is 1. The number of halogens is 1. The lowest BCUT2D eigenvalue weighted by molar-refractivity contribution is -0.384. The van der Waals surface area contributed by atoms with Gasteiger partial charge in [0.1, 0.15) is 18.1 Å². The van der Waals surface area contributed by atoms with Crippen molar-refractivity contribution in [2.75, 3.05) is 13.1 Å². The molecule has 0 heterocycles. The van der Waals surface area contributed by atoms with Crippen molar-refractivity contribution in [3.05, 3.63) is 38.9 Å². The molecule has 0 spiro atoms. The van der Waals surface area contributed by atoms with Gasteiger partial charge in [0.15, 0.2) is 0 Å². The van der Waals surface area contributed by atoms with E-state index in [1.165, 1.54) is 0 Å². The first-order valence-corrected chi connectivity index (χ1v) is 5.77. The van der Waals surface area contributed by atoms with Crippen LogP contribution in [0.5, 0.6) is 0 Å². The Hall–Kier alpha value is -2.68. The Labute approximate surface area is 122 Å². The Bertz CT molecular complexity index is 601. The quantitative estimate of drug-likeness (QED) is 0.586. The van der Waals surface area contributed by atoms with Gasteiger partial charge >= 0.3 is 11.9 Å². The molecule has 0 saturated carbocycles. The summed E-state index contributed by atoms with van der Waals surface area (Å²) < 4.78 is 0. The Kier molecular flexibility index (Phi) is 5.19. The zero-order valence-corrected chi connectivity index (χ0v) is 11.1. The number of hydrogen-bond donors (Lipinski definition) is 2. The lowest BCUT2D eigenvalue weighted by Crippen LogP contribution is -2.39. The molecule has 2 N–H and O–H groups in total. The van der Waals surface area contributed by atoms with Crippen molar-refractivity contribution < 1.29 is 29.5 Å².